The quantitative estimate of drug-likeness (QED) is 0.785. The number of aromatic nitrogens is 3. The largest absolute Gasteiger partial charge is 0.353 e. The number of carbonyl (C=O) groups excluding carboxylic acids is 1. The number of dihydropyridines is 1. The van der Waals surface area contributed by atoms with Gasteiger partial charge in [-0.3, -0.25) is 9.79 Å². The van der Waals surface area contributed by atoms with Crippen molar-refractivity contribution >= 4 is 17.7 Å². The van der Waals surface area contributed by atoms with Crippen LogP contribution < -0.4 is 5.32 Å². The monoisotopic (exact) mass is 413 g/mol. The Morgan fingerprint density at radius 2 is 2.03 bits per heavy atom. The summed E-state index contributed by atoms with van der Waals surface area (Å²) < 4.78 is 2.03. The second-order valence-corrected chi connectivity index (χ2v) is 8.47. The van der Waals surface area contributed by atoms with Crippen molar-refractivity contribution in [3.63, 3.8) is 0 Å². The lowest BCUT2D eigenvalue weighted by atomic mass is 9.90. The van der Waals surface area contributed by atoms with Gasteiger partial charge in [0.1, 0.15) is 0 Å². The molecule has 1 fully saturated rings. The van der Waals surface area contributed by atoms with Gasteiger partial charge in [0.15, 0.2) is 0 Å². The SMILES string of the molecule is CCC(=O)N[C@H]1CC[C@@H](n2nncc2-c2ccc(C3=CC4CC=CC=C4N=C3)cc2)C1. The van der Waals surface area contributed by atoms with Crippen LogP contribution in [0.1, 0.15) is 50.6 Å². The summed E-state index contributed by atoms with van der Waals surface area (Å²) >= 11 is 0. The molecule has 2 heterocycles. The maximum atomic E-state index is 11.7. The molecule has 2 aliphatic carbocycles. The molecule has 3 aliphatic rings. The molecule has 1 amide bonds. The lowest BCUT2D eigenvalue weighted by Crippen LogP contribution is -2.32. The zero-order chi connectivity index (χ0) is 21.2. The predicted molar refractivity (Wildman–Crippen MR) is 122 cm³/mol. The van der Waals surface area contributed by atoms with Crippen LogP contribution in [0.2, 0.25) is 0 Å². The highest BCUT2D eigenvalue weighted by Crippen LogP contribution is 2.34. The third-order valence-electron chi connectivity index (χ3n) is 6.43. The van der Waals surface area contributed by atoms with Gasteiger partial charge in [-0.25, -0.2) is 4.68 Å². The van der Waals surface area contributed by atoms with E-state index in [0.29, 0.717) is 12.3 Å². The van der Waals surface area contributed by atoms with Gasteiger partial charge >= 0.3 is 0 Å². The van der Waals surface area contributed by atoms with Crippen LogP contribution in [0.25, 0.3) is 16.8 Å². The molecule has 1 saturated carbocycles. The first-order valence-corrected chi connectivity index (χ1v) is 11.1. The van der Waals surface area contributed by atoms with Gasteiger partial charge in [-0.05, 0) is 42.9 Å². The number of hydrogen-bond donors (Lipinski definition) is 1. The highest BCUT2D eigenvalue weighted by molar-refractivity contribution is 6.11. The van der Waals surface area contributed by atoms with E-state index in [1.54, 1.807) is 0 Å². The van der Waals surface area contributed by atoms with E-state index >= 15 is 0 Å². The van der Waals surface area contributed by atoms with Crippen molar-refractivity contribution in [1.82, 2.24) is 20.3 Å². The van der Waals surface area contributed by atoms with Crippen molar-refractivity contribution in [2.45, 2.75) is 51.1 Å². The standard InChI is InChI=1S/C25H27N5O/c1-2-25(31)28-21-11-12-22(14-21)30-24(16-27-29-30)18-9-7-17(8-10-18)20-13-19-5-3-4-6-23(19)26-15-20/h3-4,6-10,13,15-16,19,21-22H,2,5,11-12,14H2,1H3,(H,28,31)/t19?,21-,22+/m0/s1. The van der Waals surface area contributed by atoms with Gasteiger partial charge in [0, 0.05) is 35.9 Å². The maximum Gasteiger partial charge on any atom is 0.219 e. The van der Waals surface area contributed by atoms with Crippen LogP contribution in [-0.4, -0.2) is 33.2 Å². The third-order valence-corrected chi connectivity index (χ3v) is 6.43. The Labute approximate surface area is 182 Å². The third kappa shape index (κ3) is 4.02. The molecule has 1 aromatic carbocycles. The van der Waals surface area contributed by atoms with Crippen molar-refractivity contribution in [3.8, 4) is 11.3 Å². The van der Waals surface area contributed by atoms with Crippen molar-refractivity contribution < 1.29 is 4.79 Å². The summed E-state index contributed by atoms with van der Waals surface area (Å²) in [6.07, 6.45) is 16.9. The Bertz CT molecular complexity index is 1090. The van der Waals surface area contributed by atoms with Gasteiger partial charge in [-0.15, -0.1) is 5.10 Å². The van der Waals surface area contributed by atoms with E-state index in [1.807, 2.05) is 24.0 Å². The summed E-state index contributed by atoms with van der Waals surface area (Å²) in [6, 6.07) is 9.06. The van der Waals surface area contributed by atoms with E-state index in [4.69, 9.17) is 0 Å². The molecule has 0 bridgehead atoms. The fraction of sp³-hybridized carbons (Fsp3) is 0.360. The summed E-state index contributed by atoms with van der Waals surface area (Å²) in [6.45, 7) is 1.89. The minimum absolute atomic E-state index is 0.118. The van der Waals surface area contributed by atoms with E-state index in [9.17, 15) is 4.79 Å². The molecular weight excluding hydrogens is 386 g/mol. The van der Waals surface area contributed by atoms with E-state index in [2.05, 4.69) is 69.2 Å². The first-order valence-electron chi connectivity index (χ1n) is 11.1. The number of carbonyl (C=O) groups is 1. The smallest absolute Gasteiger partial charge is 0.219 e. The molecule has 1 unspecified atom stereocenters. The van der Waals surface area contributed by atoms with Gasteiger partial charge in [0.2, 0.25) is 5.91 Å². The Hall–Kier alpha value is -3.28. The summed E-state index contributed by atoms with van der Waals surface area (Å²) in [5, 5.41) is 11.7. The lowest BCUT2D eigenvalue weighted by molar-refractivity contribution is -0.121. The van der Waals surface area contributed by atoms with Crippen molar-refractivity contribution in [2.75, 3.05) is 0 Å². The van der Waals surface area contributed by atoms with Gasteiger partial charge in [-0.2, -0.15) is 0 Å². The number of hydrogen-bond acceptors (Lipinski definition) is 4. The Morgan fingerprint density at radius 3 is 2.87 bits per heavy atom. The molecule has 0 spiro atoms. The fourth-order valence-electron chi connectivity index (χ4n) is 4.70. The van der Waals surface area contributed by atoms with Gasteiger partial charge in [-0.1, -0.05) is 54.6 Å². The number of nitrogens with one attached hydrogen (secondary N) is 1. The first kappa shape index (κ1) is 19.7. The maximum absolute atomic E-state index is 11.7. The number of rotatable bonds is 5. The van der Waals surface area contributed by atoms with Crippen LogP contribution in [0, 0.1) is 5.92 Å². The molecule has 1 aromatic heterocycles. The zero-order valence-electron chi connectivity index (χ0n) is 17.7. The molecular formula is C25H27N5O. The van der Waals surface area contributed by atoms with E-state index in [0.717, 1.165) is 42.6 Å². The topological polar surface area (TPSA) is 72.2 Å². The van der Waals surface area contributed by atoms with Crippen LogP contribution in [0.3, 0.4) is 0 Å². The summed E-state index contributed by atoms with van der Waals surface area (Å²) in [7, 11) is 0. The molecule has 1 N–H and O–H groups in total. The van der Waals surface area contributed by atoms with Gasteiger partial charge in [0.05, 0.1) is 17.9 Å². The van der Waals surface area contributed by atoms with Crippen LogP contribution >= 0.6 is 0 Å². The molecule has 31 heavy (non-hydrogen) atoms. The first-order chi connectivity index (χ1) is 15.2. The number of aliphatic imine (C=N–C) groups is 1. The minimum atomic E-state index is 0.118. The molecule has 2 aromatic rings. The Kier molecular flexibility index (Phi) is 5.37. The second kappa shape index (κ2) is 8.46. The summed E-state index contributed by atoms with van der Waals surface area (Å²) in [4.78, 5) is 16.4. The number of allylic oxidation sites excluding steroid dienone is 5. The average molecular weight is 414 g/mol. The fourth-order valence-corrected chi connectivity index (χ4v) is 4.70. The highest BCUT2D eigenvalue weighted by atomic mass is 16.1. The molecule has 1 aliphatic heterocycles. The Morgan fingerprint density at radius 1 is 1.19 bits per heavy atom. The second-order valence-electron chi connectivity index (χ2n) is 8.47. The minimum Gasteiger partial charge on any atom is -0.353 e. The molecule has 3 atom stereocenters. The van der Waals surface area contributed by atoms with Crippen LogP contribution in [-0.2, 0) is 4.79 Å². The molecule has 0 saturated heterocycles. The number of nitrogens with zero attached hydrogens (tertiary/aromatic N) is 4. The van der Waals surface area contributed by atoms with E-state index < -0.39 is 0 Å². The van der Waals surface area contributed by atoms with Gasteiger partial charge < -0.3 is 5.32 Å². The lowest BCUT2D eigenvalue weighted by Gasteiger charge is -2.20. The van der Waals surface area contributed by atoms with Crippen molar-refractivity contribution in [2.24, 2.45) is 10.9 Å². The molecule has 0 radical (unpaired) electrons. The van der Waals surface area contributed by atoms with Crippen LogP contribution in [0.4, 0.5) is 0 Å². The molecule has 6 heteroatoms. The molecule has 6 nitrogen and oxygen atoms in total. The normalized spacial score (nSPS) is 24.5. The highest BCUT2D eigenvalue weighted by Gasteiger charge is 2.29. The zero-order valence-corrected chi connectivity index (χ0v) is 17.7. The van der Waals surface area contributed by atoms with Crippen LogP contribution in [0.15, 0.2) is 65.5 Å². The van der Waals surface area contributed by atoms with E-state index in [1.165, 1.54) is 11.1 Å². The van der Waals surface area contributed by atoms with Crippen molar-refractivity contribution in [1.29, 1.82) is 0 Å². The summed E-state index contributed by atoms with van der Waals surface area (Å²) in [5.74, 6) is 0.492. The van der Waals surface area contributed by atoms with E-state index in [-0.39, 0.29) is 18.0 Å². The number of amides is 1. The summed E-state index contributed by atoms with van der Waals surface area (Å²) in [5.41, 5.74) is 5.60. The predicted octanol–water partition coefficient (Wildman–Crippen LogP) is 4.49. The van der Waals surface area contributed by atoms with Crippen molar-refractivity contribution in [3.05, 3.63) is 66.0 Å². The molecule has 158 valence electrons. The number of benzene rings is 1. The van der Waals surface area contributed by atoms with Crippen LogP contribution in [0.5, 0.6) is 0 Å². The van der Waals surface area contributed by atoms with Gasteiger partial charge in [0.25, 0.3) is 0 Å². The number of fused-ring (bicyclic) bond motifs is 1. The Balaban J connectivity index is 1.32. The molecule has 5 rings (SSSR count). The average Bonchev–Trinajstić information content (AvgIpc) is 3.48.